The van der Waals surface area contributed by atoms with Crippen LogP contribution in [0.4, 0.5) is 0 Å². The Balaban J connectivity index is -0.0000000150. The number of hydrogen-bond donors (Lipinski definition) is 1. The molecule has 0 aliphatic rings. The van der Waals surface area contributed by atoms with E-state index >= 15 is 0 Å². The molecule has 0 aromatic rings. The summed E-state index contributed by atoms with van der Waals surface area (Å²) in [6.45, 7) is 0. The molecule has 0 amide bonds. The molecule has 5 heavy (non-hydrogen) atoms. The summed E-state index contributed by atoms with van der Waals surface area (Å²) in [6, 6.07) is 0. The minimum atomic E-state index is -2.61. The van der Waals surface area contributed by atoms with Gasteiger partial charge in [0.2, 0.25) is 0 Å². The van der Waals surface area contributed by atoms with Crippen LogP contribution in [0.1, 0.15) is 2.85 Å². The predicted molar refractivity (Wildman–Crippen MR) is 19.6 cm³/mol. The van der Waals surface area contributed by atoms with E-state index in [0.717, 1.165) is 0 Å². The zero-order chi connectivity index (χ0) is 3.58. The molecule has 1 N–H and O–H groups in total. The average Bonchev–Trinajstić information content (AvgIpc) is 0.811. The van der Waals surface area contributed by atoms with Gasteiger partial charge < -0.3 is 2.85 Å². The van der Waals surface area contributed by atoms with Gasteiger partial charge in [-0.05, 0) is 0 Å². The van der Waals surface area contributed by atoms with Crippen molar-refractivity contribution >= 4 is 33.6 Å². The fraction of sp³-hybridized carbons (Fsp3) is 0. The maximum absolute atomic E-state index is 8.67. The van der Waals surface area contributed by atoms with Crippen LogP contribution in [-0.4, -0.2) is 31.5 Å². The fourth-order valence-electron chi connectivity index (χ4n) is 0. The van der Waals surface area contributed by atoms with E-state index in [4.69, 9.17) is 13.2 Å². The van der Waals surface area contributed by atoms with Crippen molar-refractivity contribution in [2.75, 3.05) is 0 Å². The zero-order valence-electron chi connectivity index (χ0n) is 4.43. The first-order valence-electron chi connectivity index (χ1n) is 0.537. The van der Waals surface area contributed by atoms with Crippen LogP contribution < -0.4 is 0 Å². The summed E-state index contributed by atoms with van der Waals surface area (Å²) in [7, 11) is -2.61. The molecule has 0 radical (unpaired) electrons. The van der Waals surface area contributed by atoms with Gasteiger partial charge in [-0.25, -0.2) is 0 Å². The Bertz CT molecular complexity index is 85.1. The smallest absolute Gasteiger partial charge is 1.00 e. The summed E-state index contributed by atoms with van der Waals surface area (Å²) in [5, 5.41) is 0. The van der Waals surface area contributed by atoms with Crippen molar-refractivity contribution in [3.8, 4) is 0 Å². The topological polar surface area (TPSA) is 58.0 Å². The SMILES string of the molecule is N=S(=O)=O.[H-].[H-].[Mg+2]. The summed E-state index contributed by atoms with van der Waals surface area (Å²) in [4.78, 5) is 0. The molecule has 0 aromatic carbocycles. The van der Waals surface area contributed by atoms with E-state index in [1.807, 2.05) is 0 Å². The van der Waals surface area contributed by atoms with E-state index < -0.39 is 10.5 Å². The number of nitrogens with one attached hydrogen (secondary N) is 1. The summed E-state index contributed by atoms with van der Waals surface area (Å²) < 4.78 is 22.8. The normalized spacial score (nSPS) is 4.80. The fourth-order valence-corrected chi connectivity index (χ4v) is 0. The van der Waals surface area contributed by atoms with Gasteiger partial charge in [0.15, 0.2) is 0 Å². The standard InChI is InChI=1S/Mg.HNO2S.2H/c;1-4(2)3;;/h;1H;;/q+2;;2*-1. The van der Waals surface area contributed by atoms with Crippen molar-refractivity contribution in [3.63, 3.8) is 0 Å². The molecule has 0 atom stereocenters. The number of hydrogen-bond acceptors (Lipinski definition) is 3. The molecule has 0 aliphatic heterocycles. The molecule has 5 heteroatoms. The summed E-state index contributed by atoms with van der Waals surface area (Å²) in [5.74, 6) is 0. The maximum Gasteiger partial charge on any atom is 2.00 e. The van der Waals surface area contributed by atoms with Gasteiger partial charge in [0.05, 0.1) is 0 Å². The van der Waals surface area contributed by atoms with Gasteiger partial charge in [0.1, 0.15) is 0 Å². The van der Waals surface area contributed by atoms with Gasteiger partial charge in [-0.3, -0.25) is 0 Å². The third-order valence-electron chi connectivity index (χ3n) is 0. The van der Waals surface area contributed by atoms with Gasteiger partial charge >= 0.3 is 33.6 Å². The van der Waals surface area contributed by atoms with Gasteiger partial charge in [-0.1, -0.05) is 0 Å². The van der Waals surface area contributed by atoms with Gasteiger partial charge in [0.25, 0.3) is 0 Å². The Morgan fingerprint density at radius 2 is 1.60 bits per heavy atom. The van der Waals surface area contributed by atoms with Crippen molar-refractivity contribution in [2.45, 2.75) is 0 Å². The summed E-state index contributed by atoms with van der Waals surface area (Å²) in [6.07, 6.45) is 0. The van der Waals surface area contributed by atoms with Gasteiger partial charge in [0, 0.05) is 0 Å². The Morgan fingerprint density at radius 1 is 1.60 bits per heavy atom. The van der Waals surface area contributed by atoms with Gasteiger partial charge in [-0.2, -0.15) is 13.2 Å². The summed E-state index contributed by atoms with van der Waals surface area (Å²) in [5.41, 5.74) is 0. The Morgan fingerprint density at radius 3 is 1.60 bits per heavy atom. The second-order valence-electron chi connectivity index (χ2n) is 0.235. The van der Waals surface area contributed by atoms with Crippen molar-refractivity contribution < 1.29 is 11.3 Å². The van der Waals surface area contributed by atoms with E-state index in [2.05, 4.69) is 0 Å². The first kappa shape index (κ1) is 9.04. The van der Waals surface area contributed by atoms with Crippen LogP contribution in [0.15, 0.2) is 0 Å². The van der Waals surface area contributed by atoms with Crippen LogP contribution in [0.5, 0.6) is 0 Å². The second-order valence-corrected chi connectivity index (χ2v) is 0.704. The second kappa shape index (κ2) is 4.39. The molecule has 0 spiro atoms. The van der Waals surface area contributed by atoms with Crippen molar-refractivity contribution in [3.05, 3.63) is 0 Å². The van der Waals surface area contributed by atoms with E-state index in [-0.39, 0.29) is 25.9 Å². The molecule has 0 aromatic heterocycles. The molecular weight excluding hydrogens is 102 g/mol. The van der Waals surface area contributed by atoms with Crippen LogP contribution in [0.3, 0.4) is 0 Å². The molecule has 3 nitrogen and oxygen atoms in total. The monoisotopic (exact) mass is 105 g/mol. The third kappa shape index (κ3) is 167. The molecule has 28 valence electrons. The van der Waals surface area contributed by atoms with Crippen LogP contribution in [0.2, 0.25) is 0 Å². The Labute approximate surface area is 50.0 Å². The van der Waals surface area contributed by atoms with Crippen molar-refractivity contribution in [2.24, 2.45) is 0 Å². The minimum absolute atomic E-state index is 0. The van der Waals surface area contributed by atoms with Crippen LogP contribution >= 0.6 is 0 Å². The van der Waals surface area contributed by atoms with Crippen molar-refractivity contribution in [1.82, 2.24) is 0 Å². The first-order valence-corrected chi connectivity index (χ1v) is 1.61. The molecular formula is H3MgNO2S. The van der Waals surface area contributed by atoms with Crippen molar-refractivity contribution in [1.29, 1.82) is 4.78 Å². The van der Waals surface area contributed by atoms with Crippen LogP contribution in [0, 0.1) is 4.78 Å². The Kier molecular flexibility index (Phi) is 7.93. The molecule has 0 saturated carbocycles. The average molecular weight is 105 g/mol. The van der Waals surface area contributed by atoms with E-state index in [9.17, 15) is 0 Å². The minimum Gasteiger partial charge on any atom is -1.00 e. The van der Waals surface area contributed by atoms with Crippen LogP contribution in [0.25, 0.3) is 0 Å². The zero-order valence-corrected chi connectivity index (χ0v) is 4.66. The van der Waals surface area contributed by atoms with Gasteiger partial charge in [-0.15, -0.1) is 0 Å². The molecule has 0 aliphatic carbocycles. The van der Waals surface area contributed by atoms with E-state index in [1.54, 1.807) is 0 Å². The third-order valence-corrected chi connectivity index (χ3v) is 0. The van der Waals surface area contributed by atoms with E-state index in [1.165, 1.54) is 0 Å². The molecule has 0 rings (SSSR count). The quantitative estimate of drug-likeness (QED) is 0.421. The Hall–Kier alpha value is 0.386. The number of rotatable bonds is 0. The maximum atomic E-state index is 8.67. The summed E-state index contributed by atoms with van der Waals surface area (Å²) >= 11 is 0. The predicted octanol–water partition coefficient (Wildman–Crippen LogP) is -0.528. The molecule has 0 bridgehead atoms. The van der Waals surface area contributed by atoms with E-state index in [0.29, 0.717) is 0 Å². The molecule has 0 heterocycles. The molecule has 0 saturated heterocycles. The first-order chi connectivity index (χ1) is 1.73. The largest absolute Gasteiger partial charge is 2.00 e. The molecule has 0 unspecified atom stereocenters. The van der Waals surface area contributed by atoms with Crippen LogP contribution in [-0.2, 0) is 10.5 Å². The molecule has 0 fully saturated rings.